The van der Waals surface area contributed by atoms with Gasteiger partial charge < -0.3 is 11.1 Å². The molecule has 0 bridgehead atoms. The predicted octanol–water partition coefficient (Wildman–Crippen LogP) is 6.55. The van der Waals surface area contributed by atoms with E-state index in [1.54, 1.807) is 11.0 Å². The number of pyridine rings is 1. The summed E-state index contributed by atoms with van der Waals surface area (Å²) in [4.78, 5) is 19.7. The Balaban J connectivity index is 2.01. The predicted molar refractivity (Wildman–Crippen MR) is 135 cm³/mol. The third kappa shape index (κ3) is 5.22. The van der Waals surface area contributed by atoms with E-state index in [1.807, 2.05) is 51.2 Å². The minimum atomic E-state index is -0.235. The summed E-state index contributed by atoms with van der Waals surface area (Å²) in [5.41, 5.74) is 13.2. The molecule has 1 heterocycles. The van der Waals surface area contributed by atoms with Crippen LogP contribution in [-0.2, 0) is 25.8 Å². The summed E-state index contributed by atoms with van der Waals surface area (Å²) >= 11 is 6.47. The van der Waals surface area contributed by atoms with Gasteiger partial charge in [0.15, 0.2) is 0 Å². The molecule has 3 rings (SSSR count). The first-order chi connectivity index (χ1) is 15.4. The number of benzene rings is 2. The van der Waals surface area contributed by atoms with E-state index in [0.29, 0.717) is 35.8 Å². The summed E-state index contributed by atoms with van der Waals surface area (Å²) in [6.45, 7) is 8.49. The van der Waals surface area contributed by atoms with Crippen molar-refractivity contribution in [3.05, 3.63) is 81.6 Å². The molecule has 1 aromatic heterocycles. The molecule has 0 saturated heterocycles. The molecule has 5 nitrogen and oxygen atoms in total. The summed E-state index contributed by atoms with van der Waals surface area (Å²) in [6.07, 6.45) is 4.13. The number of nitrogens with zero attached hydrogens (tertiary/aromatic N) is 2. The fraction of sp³-hybridized carbons (Fsp3) is 0.308. The maximum Gasteiger partial charge on any atom is 0.326 e. The molecule has 3 aromatic rings. The quantitative estimate of drug-likeness (QED) is 0.401. The zero-order valence-electron chi connectivity index (χ0n) is 19.2. The van der Waals surface area contributed by atoms with E-state index < -0.39 is 0 Å². The Kier molecular flexibility index (Phi) is 7.75. The van der Waals surface area contributed by atoms with Crippen LogP contribution in [0.3, 0.4) is 0 Å². The van der Waals surface area contributed by atoms with Gasteiger partial charge in [-0.1, -0.05) is 50.6 Å². The molecule has 0 saturated carbocycles. The lowest BCUT2D eigenvalue weighted by Crippen LogP contribution is -2.35. The first-order valence-corrected chi connectivity index (χ1v) is 11.4. The van der Waals surface area contributed by atoms with Crippen LogP contribution < -0.4 is 16.0 Å². The van der Waals surface area contributed by atoms with E-state index >= 15 is 0 Å². The Labute approximate surface area is 195 Å². The molecule has 0 radical (unpaired) electrons. The van der Waals surface area contributed by atoms with Crippen LogP contribution in [0.25, 0.3) is 0 Å². The number of halogens is 1. The Morgan fingerprint density at radius 1 is 1.00 bits per heavy atom. The Hall–Kier alpha value is -3.05. The molecular weight excluding hydrogens is 420 g/mol. The number of amides is 2. The third-order valence-corrected chi connectivity index (χ3v) is 6.01. The van der Waals surface area contributed by atoms with Crippen LogP contribution in [0.15, 0.2) is 48.7 Å². The summed E-state index contributed by atoms with van der Waals surface area (Å²) in [7, 11) is 0. The van der Waals surface area contributed by atoms with Gasteiger partial charge in [0.1, 0.15) is 0 Å². The van der Waals surface area contributed by atoms with Crippen molar-refractivity contribution < 1.29 is 4.79 Å². The number of nitrogen functional groups attached to an aromatic ring is 1. The van der Waals surface area contributed by atoms with Crippen molar-refractivity contribution in [1.82, 2.24) is 4.98 Å². The average molecular weight is 451 g/mol. The van der Waals surface area contributed by atoms with Crippen LogP contribution in [0.2, 0.25) is 5.02 Å². The van der Waals surface area contributed by atoms with E-state index in [-0.39, 0.29) is 6.03 Å². The number of aryl methyl sites for hydroxylation is 2. The molecular formula is C26H31ClN4O. The highest BCUT2D eigenvalue weighted by molar-refractivity contribution is 6.32. The normalized spacial score (nSPS) is 10.8. The molecule has 0 aliphatic rings. The fourth-order valence-electron chi connectivity index (χ4n) is 3.77. The standard InChI is InChI=1S/C26H31ClN4O/c1-5-18-10-12-20(13-11-18)31(16-19-9-8-17(4)29-15-19)26(32)30-25-21(6-2)23(27)14-24(28)22(25)7-3/h8-15H,5-7,16,28H2,1-4H3,(H,30,32). The minimum absolute atomic E-state index is 0.235. The number of anilines is 3. The molecule has 0 atom stereocenters. The van der Waals surface area contributed by atoms with Crippen molar-refractivity contribution in [2.45, 2.75) is 53.5 Å². The number of aromatic nitrogens is 1. The summed E-state index contributed by atoms with van der Waals surface area (Å²) < 4.78 is 0. The van der Waals surface area contributed by atoms with Gasteiger partial charge in [-0.15, -0.1) is 0 Å². The SMILES string of the molecule is CCc1ccc(N(Cc2ccc(C)nc2)C(=O)Nc2c(CC)c(N)cc(Cl)c2CC)cc1. The van der Waals surface area contributed by atoms with Crippen LogP contribution in [0, 0.1) is 6.92 Å². The van der Waals surface area contributed by atoms with Crippen LogP contribution in [0.4, 0.5) is 21.9 Å². The second-order valence-corrected chi connectivity index (χ2v) is 8.24. The van der Waals surface area contributed by atoms with Gasteiger partial charge in [0.2, 0.25) is 0 Å². The molecule has 2 amide bonds. The number of urea groups is 1. The fourth-order valence-corrected chi connectivity index (χ4v) is 4.12. The van der Waals surface area contributed by atoms with E-state index in [2.05, 4.69) is 29.4 Å². The molecule has 2 aromatic carbocycles. The van der Waals surface area contributed by atoms with Crippen molar-refractivity contribution in [1.29, 1.82) is 0 Å². The minimum Gasteiger partial charge on any atom is -0.398 e. The number of rotatable bonds is 7. The van der Waals surface area contributed by atoms with Gasteiger partial charge >= 0.3 is 6.03 Å². The van der Waals surface area contributed by atoms with Gasteiger partial charge in [0.25, 0.3) is 0 Å². The highest BCUT2D eigenvalue weighted by Crippen LogP contribution is 2.34. The molecule has 0 aliphatic heterocycles. The van der Waals surface area contributed by atoms with Crippen LogP contribution in [0.5, 0.6) is 0 Å². The van der Waals surface area contributed by atoms with Crippen molar-refractivity contribution >= 4 is 34.7 Å². The average Bonchev–Trinajstić information content (AvgIpc) is 2.79. The number of carbonyl (C=O) groups excluding carboxylic acids is 1. The summed E-state index contributed by atoms with van der Waals surface area (Å²) in [5, 5.41) is 3.69. The van der Waals surface area contributed by atoms with Gasteiger partial charge in [0, 0.05) is 28.3 Å². The van der Waals surface area contributed by atoms with E-state index in [9.17, 15) is 4.79 Å². The highest BCUT2D eigenvalue weighted by atomic mass is 35.5. The number of hydrogen-bond donors (Lipinski definition) is 2. The first-order valence-electron chi connectivity index (χ1n) is 11.1. The molecule has 6 heteroatoms. The molecule has 32 heavy (non-hydrogen) atoms. The van der Waals surface area contributed by atoms with E-state index in [4.69, 9.17) is 17.3 Å². The van der Waals surface area contributed by atoms with Gasteiger partial charge in [-0.3, -0.25) is 9.88 Å². The molecule has 3 N–H and O–H groups in total. The second kappa shape index (κ2) is 10.5. The molecule has 0 fully saturated rings. The van der Waals surface area contributed by atoms with E-state index in [0.717, 1.165) is 34.5 Å². The van der Waals surface area contributed by atoms with E-state index in [1.165, 1.54) is 5.56 Å². The van der Waals surface area contributed by atoms with Gasteiger partial charge in [-0.05, 0) is 72.7 Å². The Morgan fingerprint density at radius 2 is 1.66 bits per heavy atom. The van der Waals surface area contributed by atoms with Crippen LogP contribution >= 0.6 is 11.6 Å². The number of hydrogen-bond acceptors (Lipinski definition) is 3. The third-order valence-electron chi connectivity index (χ3n) is 5.68. The smallest absolute Gasteiger partial charge is 0.326 e. The lowest BCUT2D eigenvalue weighted by molar-refractivity contribution is 0.256. The van der Waals surface area contributed by atoms with Crippen molar-refractivity contribution in [3.63, 3.8) is 0 Å². The highest BCUT2D eigenvalue weighted by Gasteiger charge is 2.21. The number of nitrogens with one attached hydrogen (secondary N) is 1. The lowest BCUT2D eigenvalue weighted by atomic mass is 10.0. The maximum absolute atomic E-state index is 13.6. The second-order valence-electron chi connectivity index (χ2n) is 7.83. The largest absolute Gasteiger partial charge is 0.398 e. The zero-order valence-corrected chi connectivity index (χ0v) is 20.0. The number of carbonyl (C=O) groups is 1. The van der Waals surface area contributed by atoms with Crippen molar-refractivity contribution in [2.24, 2.45) is 0 Å². The number of nitrogens with two attached hydrogens (primary N) is 1. The van der Waals surface area contributed by atoms with Gasteiger partial charge in [0.05, 0.1) is 12.2 Å². The molecule has 168 valence electrons. The Morgan fingerprint density at radius 3 is 2.22 bits per heavy atom. The molecule has 0 unspecified atom stereocenters. The van der Waals surface area contributed by atoms with Crippen LogP contribution in [-0.4, -0.2) is 11.0 Å². The monoisotopic (exact) mass is 450 g/mol. The summed E-state index contributed by atoms with van der Waals surface area (Å²) in [6, 6.07) is 13.5. The lowest BCUT2D eigenvalue weighted by Gasteiger charge is -2.26. The van der Waals surface area contributed by atoms with Crippen molar-refractivity contribution in [3.8, 4) is 0 Å². The van der Waals surface area contributed by atoms with Crippen molar-refractivity contribution in [2.75, 3.05) is 16.0 Å². The summed E-state index contributed by atoms with van der Waals surface area (Å²) in [5.74, 6) is 0. The molecule has 0 aliphatic carbocycles. The van der Waals surface area contributed by atoms with Crippen LogP contribution in [0.1, 0.15) is 48.7 Å². The maximum atomic E-state index is 13.6. The van der Waals surface area contributed by atoms with Gasteiger partial charge in [-0.2, -0.15) is 0 Å². The zero-order chi connectivity index (χ0) is 23.3. The first kappa shape index (κ1) is 23.6. The van der Waals surface area contributed by atoms with Gasteiger partial charge in [-0.25, -0.2) is 4.79 Å². The topological polar surface area (TPSA) is 71.2 Å². The molecule has 0 spiro atoms. The Bertz CT molecular complexity index is 1050.